The Hall–Kier alpha value is -2.50. The van der Waals surface area contributed by atoms with Gasteiger partial charge in [-0.15, -0.1) is 0 Å². The first-order valence-corrected chi connectivity index (χ1v) is 13.6. The summed E-state index contributed by atoms with van der Waals surface area (Å²) in [6, 6.07) is 17.6. The van der Waals surface area contributed by atoms with E-state index in [0.717, 1.165) is 44.2 Å². The van der Waals surface area contributed by atoms with Crippen molar-refractivity contribution in [2.45, 2.75) is 11.7 Å². The molecule has 0 unspecified atom stereocenters. The molecule has 5 rings (SSSR count). The summed E-state index contributed by atoms with van der Waals surface area (Å²) < 4.78 is 15.9. The van der Waals surface area contributed by atoms with Crippen molar-refractivity contribution in [2.75, 3.05) is 45.7 Å². The van der Waals surface area contributed by atoms with Gasteiger partial charge in [-0.25, -0.2) is 4.98 Å². The minimum atomic E-state index is -0.128. The smallest absolute Gasteiger partial charge is 0.278 e. The largest absolute Gasteiger partial charge is 0.495 e. The van der Waals surface area contributed by atoms with E-state index >= 15 is 0 Å². The third-order valence-corrected chi connectivity index (χ3v) is 8.26. The van der Waals surface area contributed by atoms with Gasteiger partial charge in [0.25, 0.3) is 5.56 Å². The summed E-state index contributed by atoms with van der Waals surface area (Å²) in [5.74, 6) is 1.43. The average molecular weight is 527 g/mol. The summed E-state index contributed by atoms with van der Waals surface area (Å²) >= 11 is 8.57. The second kappa shape index (κ2) is 11.0. The van der Waals surface area contributed by atoms with Crippen molar-refractivity contribution in [3.63, 3.8) is 0 Å². The van der Waals surface area contributed by atoms with Crippen molar-refractivity contribution in [3.8, 4) is 11.4 Å². The van der Waals surface area contributed by atoms with Crippen LogP contribution in [0.15, 0.2) is 64.5 Å². The number of aromatic nitrogens is 3. The SMILES string of the molecule is COc1ccccc1-n1c(SCCN2CCOCC2)nc2c(sc(=S)n2Cc2ccccc2)c1=O. The highest BCUT2D eigenvalue weighted by molar-refractivity contribution is 7.99. The van der Waals surface area contributed by atoms with E-state index in [0.29, 0.717) is 37.4 Å². The Morgan fingerprint density at radius 1 is 1.11 bits per heavy atom. The summed E-state index contributed by atoms with van der Waals surface area (Å²) in [4.78, 5) is 21.3. The van der Waals surface area contributed by atoms with Crippen molar-refractivity contribution in [1.82, 2.24) is 19.0 Å². The van der Waals surface area contributed by atoms with E-state index < -0.39 is 0 Å². The zero-order chi connectivity index (χ0) is 24.2. The minimum Gasteiger partial charge on any atom is -0.495 e. The summed E-state index contributed by atoms with van der Waals surface area (Å²) in [7, 11) is 1.61. The Labute approximate surface area is 216 Å². The third-order valence-electron chi connectivity index (χ3n) is 5.91. The Morgan fingerprint density at radius 3 is 2.63 bits per heavy atom. The highest BCUT2D eigenvalue weighted by Gasteiger charge is 2.21. The van der Waals surface area contributed by atoms with Gasteiger partial charge in [0.1, 0.15) is 10.4 Å². The predicted molar refractivity (Wildman–Crippen MR) is 144 cm³/mol. The van der Waals surface area contributed by atoms with Gasteiger partial charge < -0.3 is 14.0 Å². The average Bonchev–Trinajstić information content (AvgIpc) is 3.20. The van der Waals surface area contributed by atoms with Crippen molar-refractivity contribution in [3.05, 3.63) is 74.5 Å². The van der Waals surface area contributed by atoms with E-state index in [-0.39, 0.29) is 5.56 Å². The van der Waals surface area contributed by atoms with Crippen LogP contribution in [-0.4, -0.2) is 64.7 Å². The van der Waals surface area contributed by atoms with E-state index in [1.165, 1.54) is 11.3 Å². The Morgan fingerprint density at radius 2 is 1.86 bits per heavy atom. The Kier molecular flexibility index (Phi) is 7.64. The van der Waals surface area contributed by atoms with Crippen LogP contribution in [-0.2, 0) is 11.3 Å². The molecule has 0 spiro atoms. The molecule has 0 amide bonds. The van der Waals surface area contributed by atoms with E-state index in [9.17, 15) is 4.79 Å². The molecule has 35 heavy (non-hydrogen) atoms. The molecule has 7 nitrogen and oxygen atoms in total. The highest BCUT2D eigenvalue weighted by Crippen LogP contribution is 2.29. The maximum atomic E-state index is 13.9. The van der Waals surface area contributed by atoms with Crippen LogP contribution in [0, 0.1) is 3.95 Å². The van der Waals surface area contributed by atoms with Crippen LogP contribution in [0.3, 0.4) is 0 Å². The van der Waals surface area contributed by atoms with Gasteiger partial charge in [0.2, 0.25) is 0 Å². The Balaban J connectivity index is 1.59. The molecular weight excluding hydrogens is 501 g/mol. The first-order valence-electron chi connectivity index (χ1n) is 11.4. The zero-order valence-corrected chi connectivity index (χ0v) is 21.8. The molecule has 0 atom stereocenters. The first-order chi connectivity index (χ1) is 17.2. The lowest BCUT2D eigenvalue weighted by Crippen LogP contribution is -2.37. The van der Waals surface area contributed by atoms with E-state index in [1.807, 2.05) is 47.0 Å². The van der Waals surface area contributed by atoms with Gasteiger partial charge in [0, 0.05) is 25.4 Å². The van der Waals surface area contributed by atoms with Crippen LogP contribution in [0.4, 0.5) is 0 Å². The number of benzene rings is 2. The van der Waals surface area contributed by atoms with Gasteiger partial charge in [-0.1, -0.05) is 65.6 Å². The van der Waals surface area contributed by atoms with Crippen LogP contribution in [0.1, 0.15) is 5.56 Å². The second-order valence-corrected chi connectivity index (χ2v) is 10.8. The summed E-state index contributed by atoms with van der Waals surface area (Å²) in [5.41, 5.74) is 2.29. The number of ether oxygens (including phenoxy) is 2. The molecule has 3 heterocycles. The van der Waals surface area contributed by atoms with Crippen LogP contribution in [0.25, 0.3) is 16.0 Å². The van der Waals surface area contributed by atoms with Crippen molar-refractivity contribution < 1.29 is 9.47 Å². The molecule has 0 bridgehead atoms. The molecule has 10 heteroatoms. The number of nitrogens with zero attached hydrogens (tertiary/aromatic N) is 4. The number of rotatable bonds is 8. The topological polar surface area (TPSA) is 61.5 Å². The highest BCUT2D eigenvalue weighted by atomic mass is 32.2. The third kappa shape index (κ3) is 5.22. The molecule has 0 N–H and O–H groups in total. The molecule has 2 aromatic carbocycles. The fraction of sp³-hybridized carbons (Fsp3) is 0.320. The number of fused-ring (bicyclic) bond motifs is 1. The van der Waals surface area contributed by atoms with Gasteiger partial charge in [-0.2, -0.15) is 0 Å². The van der Waals surface area contributed by atoms with E-state index in [4.69, 9.17) is 26.7 Å². The van der Waals surface area contributed by atoms with Crippen LogP contribution in [0.2, 0.25) is 0 Å². The number of hydrogen-bond donors (Lipinski definition) is 0. The molecule has 1 aliphatic rings. The summed E-state index contributed by atoms with van der Waals surface area (Å²) in [5, 5.41) is 0.634. The zero-order valence-electron chi connectivity index (χ0n) is 19.4. The minimum absolute atomic E-state index is 0.128. The molecule has 4 aromatic rings. The van der Waals surface area contributed by atoms with E-state index in [1.54, 1.807) is 23.4 Å². The maximum absolute atomic E-state index is 13.9. The number of methoxy groups -OCH3 is 1. The lowest BCUT2D eigenvalue weighted by molar-refractivity contribution is 0.0410. The number of morpholine rings is 1. The van der Waals surface area contributed by atoms with Crippen molar-refractivity contribution in [1.29, 1.82) is 0 Å². The quantitative estimate of drug-likeness (QED) is 0.191. The van der Waals surface area contributed by atoms with Gasteiger partial charge >= 0.3 is 0 Å². The number of thioether (sulfide) groups is 1. The van der Waals surface area contributed by atoms with Gasteiger partial charge in [0.05, 0.1) is 32.6 Å². The molecule has 1 aliphatic heterocycles. The second-order valence-electron chi connectivity index (χ2n) is 8.10. The standard InChI is InChI=1S/C25H26N4O3S3/c1-31-20-10-6-5-9-19(20)29-23(30)21-22(26-24(29)34-16-13-27-11-14-32-15-12-27)28(25(33)35-21)17-18-7-3-2-4-8-18/h2-10H,11-17H2,1H3. The molecule has 1 fully saturated rings. The van der Waals surface area contributed by atoms with Crippen molar-refractivity contribution in [2.24, 2.45) is 0 Å². The van der Waals surface area contributed by atoms with Gasteiger partial charge in [-0.3, -0.25) is 14.3 Å². The Bertz CT molecular complexity index is 1430. The molecule has 0 radical (unpaired) electrons. The number of thiazole rings is 1. The molecule has 1 saturated heterocycles. The molecule has 0 aliphatic carbocycles. The number of hydrogen-bond acceptors (Lipinski definition) is 8. The monoisotopic (exact) mass is 526 g/mol. The van der Waals surface area contributed by atoms with Crippen molar-refractivity contribution >= 4 is 45.7 Å². The van der Waals surface area contributed by atoms with Crippen LogP contribution >= 0.6 is 35.3 Å². The lowest BCUT2D eigenvalue weighted by atomic mass is 10.2. The molecule has 0 saturated carbocycles. The molecular formula is C25H26N4O3S3. The summed E-state index contributed by atoms with van der Waals surface area (Å²) in [6.07, 6.45) is 0. The van der Waals surface area contributed by atoms with Gasteiger partial charge in [0.15, 0.2) is 14.8 Å². The molecule has 2 aromatic heterocycles. The molecule has 182 valence electrons. The van der Waals surface area contributed by atoms with Crippen LogP contribution < -0.4 is 10.3 Å². The fourth-order valence-electron chi connectivity index (χ4n) is 4.10. The van der Waals surface area contributed by atoms with Crippen LogP contribution in [0.5, 0.6) is 5.75 Å². The normalized spacial score (nSPS) is 14.4. The first kappa shape index (κ1) is 24.2. The van der Waals surface area contributed by atoms with Gasteiger partial charge in [-0.05, 0) is 29.9 Å². The fourth-order valence-corrected chi connectivity index (χ4v) is 6.35. The predicted octanol–water partition coefficient (Wildman–Crippen LogP) is 4.46. The lowest BCUT2D eigenvalue weighted by Gasteiger charge is -2.26. The maximum Gasteiger partial charge on any atom is 0.278 e. The number of para-hydroxylation sites is 2. The van der Waals surface area contributed by atoms with E-state index in [2.05, 4.69) is 17.0 Å². The summed E-state index contributed by atoms with van der Waals surface area (Å²) in [6.45, 7) is 4.84.